The van der Waals surface area contributed by atoms with Crippen LogP contribution >= 0.6 is 12.4 Å². The monoisotopic (exact) mass is 408 g/mol. The molecule has 1 saturated heterocycles. The molecule has 0 aromatic heterocycles. The molecule has 1 aliphatic heterocycles. The summed E-state index contributed by atoms with van der Waals surface area (Å²) < 4.78 is 32.6. The summed E-state index contributed by atoms with van der Waals surface area (Å²) in [7, 11) is 0. The number of nitrogens with two attached hydrogens (primary N) is 1. The normalized spacial score (nSPS) is 24.4. The zero-order valence-electron chi connectivity index (χ0n) is 15.3. The van der Waals surface area contributed by atoms with E-state index in [4.69, 9.17) is 10.5 Å². The maximum atomic E-state index is 13.6. The van der Waals surface area contributed by atoms with Crippen molar-refractivity contribution in [2.24, 2.45) is 17.6 Å². The summed E-state index contributed by atoms with van der Waals surface area (Å²) in [4.78, 5) is 15.0. The second kappa shape index (κ2) is 8.45. The van der Waals surface area contributed by atoms with E-state index in [0.29, 0.717) is 30.5 Å². The molecule has 28 heavy (non-hydrogen) atoms. The van der Waals surface area contributed by atoms with Gasteiger partial charge in [0.1, 0.15) is 5.75 Å². The molecule has 0 spiro atoms. The largest absolute Gasteiger partial charge is 0.476 e. The van der Waals surface area contributed by atoms with Crippen molar-refractivity contribution < 1.29 is 18.3 Å². The first-order chi connectivity index (χ1) is 13.0. The maximum absolute atomic E-state index is 13.6. The average molecular weight is 409 g/mol. The van der Waals surface area contributed by atoms with E-state index in [1.54, 1.807) is 17.0 Å². The Balaban J connectivity index is 0.00000225. The highest BCUT2D eigenvalue weighted by atomic mass is 35.5. The number of hydrogen-bond donors (Lipinski definition) is 1. The number of benzene rings is 2. The topological polar surface area (TPSA) is 55.6 Å². The summed E-state index contributed by atoms with van der Waals surface area (Å²) >= 11 is 0. The minimum Gasteiger partial charge on any atom is -0.476 e. The third-order valence-electron chi connectivity index (χ3n) is 5.70. The lowest BCUT2D eigenvalue weighted by molar-refractivity contribution is -0.138. The lowest BCUT2D eigenvalue weighted by Gasteiger charge is -2.25. The Morgan fingerprint density at radius 1 is 1.07 bits per heavy atom. The quantitative estimate of drug-likeness (QED) is 0.839. The van der Waals surface area contributed by atoms with Crippen molar-refractivity contribution in [1.82, 2.24) is 4.90 Å². The van der Waals surface area contributed by atoms with Crippen LogP contribution in [0.3, 0.4) is 0 Å². The number of nitrogens with zero attached hydrogens (tertiary/aromatic N) is 1. The molecule has 0 radical (unpaired) electrons. The van der Waals surface area contributed by atoms with Crippen LogP contribution < -0.4 is 10.5 Å². The van der Waals surface area contributed by atoms with E-state index < -0.39 is 17.7 Å². The second-order valence-electron chi connectivity index (χ2n) is 7.39. The van der Waals surface area contributed by atoms with Crippen LogP contribution in [0.5, 0.6) is 5.75 Å². The summed E-state index contributed by atoms with van der Waals surface area (Å²) in [6.45, 7) is 1.29. The minimum absolute atomic E-state index is 0. The van der Waals surface area contributed by atoms with E-state index >= 15 is 0 Å². The molecule has 1 amide bonds. The van der Waals surface area contributed by atoms with Crippen molar-refractivity contribution in [3.8, 4) is 5.75 Å². The molecule has 2 aromatic carbocycles. The fraction of sp³-hybridized carbons (Fsp3) is 0.381. The molecular weight excluding hydrogens is 386 g/mol. The summed E-state index contributed by atoms with van der Waals surface area (Å²) in [5.41, 5.74) is 6.85. The van der Waals surface area contributed by atoms with Crippen LogP contribution in [-0.2, 0) is 4.79 Å². The Kier molecular flexibility index (Phi) is 6.20. The summed E-state index contributed by atoms with van der Waals surface area (Å²) in [5, 5.41) is 0. The molecule has 2 N–H and O–H groups in total. The van der Waals surface area contributed by atoms with Crippen molar-refractivity contribution in [3.63, 3.8) is 0 Å². The third kappa shape index (κ3) is 3.98. The van der Waals surface area contributed by atoms with E-state index in [1.165, 1.54) is 6.07 Å². The van der Waals surface area contributed by atoms with Gasteiger partial charge in [-0.2, -0.15) is 0 Å². The first-order valence-electron chi connectivity index (χ1n) is 9.24. The van der Waals surface area contributed by atoms with Crippen LogP contribution in [0.25, 0.3) is 0 Å². The van der Waals surface area contributed by atoms with Gasteiger partial charge in [-0.25, -0.2) is 8.78 Å². The van der Waals surface area contributed by atoms with Crippen molar-refractivity contribution in [3.05, 3.63) is 65.7 Å². The fourth-order valence-electron chi connectivity index (χ4n) is 4.23. The smallest absolute Gasteiger partial charge is 0.268 e. The molecule has 4 atom stereocenters. The van der Waals surface area contributed by atoms with E-state index in [0.717, 1.165) is 25.0 Å². The molecule has 150 valence electrons. The predicted octanol–water partition coefficient (Wildman–Crippen LogP) is 3.70. The van der Waals surface area contributed by atoms with Crippen molar-refractivity contribution in [1.29, 1.82) is 0 Å². The van der Waals surface area contributed by atoms with Crippen molar-refractivity contribution in [2.45, 2.75) is 25.0 Å². The van der Waals surface area contributed by atoms with Gasteiger partial charge < -0.3 is 15.4 Å². The molecule has 4 rings (SSSR count). The Hall–Kier alpha value is -2.18. The van der Waals surface area contributed by atoms with Gasteiger partial charge in [0, 0.05) is 30.8 Å². The summed E-state index contributed by atoms with van der Waals surface area (Å²) in [6.07, 6.45) is 1.13. The first kappa shape index (κ1) is 20.6. The molecule has 7 heteroatoms. The molecule has 2 aromatic rings. The SMILES string of the molecule is Cl.NC1CCC2CN(C(=O)C(Oc3ccc(F)c(F)c3)c3ccccc3)CC12. The van der Waals surface area contributed by atoms with Gasteiger partial charge in [0.2, 0.25) is 6.10 Å². The number of ether oxygens (including phenoxy) is 1. The number of fused-ring (bicyclic) bond motifs is 1. The number of halogens is 3. The summed E-state index contributed by atoms with van der Waals surface area (Å²) in [6, 6.07) is 12.5. The average Bonchev–Trinajstić information content (AvgIpc) is 3.25. The van der Waals surface area contributed by atoms with Gasteiger partial charge in [-0.15, -0.1) is 12.4 Å². The zero-order valence-corrected chi connectivity index (χ0v) is 16.1. The number of carbonyl (C=O) groups is 1. The zero-order chi connectivity index (χ0) is 19.0. The molecular formula is C21H23ClF2N2O2. The predicted molar refractivity (Wildman–Crippen MR) is 104 cm³/mol. The van der Waals surface area contributed by atoms with Gasteiger partial charge in [0.15, 0.2) is 11.6 Å². The Morgan fingerprint density at radius 2 is 1.82 bits per heavy atom. The van der Waals surface area contributed by atoms with Gasteiger partial charge in [-0.1, -0.05) is 30.3 Å². The van der Waals surface area contributed by atoms with Gasteiger partial charge in [-0.3, -0.25) is 4.79 Å². The molecule has 0 bridgehead atoms. The standard InChI is InChI=1S/C21H22F2N2O2.ClH/c22-17-8-7-15(10-18(17)23)27-20(13-4-2-1-3-5-13)21(26)25-11-14-6-9-19(24)16(14)12-25;/h1-5,7-8,10,14,16,19-20H,6,9,11-12,24H2;1H. The van der Waals surface area contributed by atoms with Gasteiger partial charge in [-0.05, 0) is 36.8 Å². The lowest BCUT2D eigenvalue weighted by Crippen LogP contribution is -2.38. The lowest BCUT2D eigenvalue weighted by atomic mass is 9.98. The van der Waals surface area contributed by atoms with Crippen LogP contribution in [0.4, 0.5) is 8.78 Å². The van der Waals surface area contributed by atoms with E-state index in [9.17, 15) is 13.6 Å². The van der Waals surface area contributed by atoms with Gasteiger partial charge in [0.25, 0.3) is 5.91 Å². The number of carbonyl (C=O) groups excluding carboxylic acids is 1. The molecule has 2 aliphatic rings. The number of rotatable bonds is 4. The Bertz CT molecular complexity index is 836. The van der Waals surface area contributed by atoms with Gasteiger partial charge in [0.05, 0.1) is 0 Å². The maximum Gasteiger partial charge on any atom is 0.268 e. The van der Waals surface area contributed by atoms with E-state index in [2.05, 4.69) is 0 Å². The van der Waals surface area contributed by atoms with Crippen LogP contribution in [0, 0.1) is 23.5 Å². The van der Waals surface area contributed by atoms with E-state index in [1.807, 2.05) is 18.2 Å². The molecule has 1 saturated carbocycles. The molecule has 4 unspecified atom stereocenters. The van der Waals surface area contributed by atoms with E-state index in [-0.39, 0.29) is 30.1 Å². The molecule has 1 heterocycles. The third-order valence-corrected chi connectivity index (χ3v) is 5.70. The highest BCUT2D eigenvalue weighted by Crippen LogP contribution is 2.38. The number of likely N-dealkylation sites (tertiary alicyclic amines) is 1. The second-order valence-corrected chi connectivity index (χ2v) is 7.39. The van der Waals surface area contributed by atoms with Crippen LogP contribution in [0.1, 0.15) is 24.5 Å². The van der Waals surface area contributed by atoms with Crippen LogP contribution in [0.2, 0.25) is 0 Å². The van der Waals surface area contributed by atoms with Crippen LogP contribution in [-0.4, -0.2) is 29.9 Å². The van der Waals surface area contributed by atoms with Crippen molar-refractivity contribution >= 4 is 18.3 Å². The van der Waals surface area contributed by atoms with Gasteiger partial charge >= 0.3 is 0 Å². The number of hydrogen-bond acceptors (Lipinski definition) is 3. The fourth-order valence-corrected chi connectivity index (χ4v) is 4.23. The highest BCUT2D eigenvalue weighted by molar-refractivity contribution is 5.85. The minimum atomic E-state index is -1.01. The first-order valence-corrected chi connectivity index (χ1v) is 9.24. The summed E-state index contributed by atoms with van der Waals surface area (Å²) in [5.74, 6) is -1.25. The Morgan fingerprint density at radius 3 is 2.50 bits per heavy atom. The molecule has 4 nitrogen and oxygen atoms in total. The Labute approximate surface area is 169 Å². The molecule has 1 aliphatic carbocycles. The highest BCUT2D eigenvalue weighted by Gasteiger charge is 2.44. The molecule has 2 fully saturated rings. The number of amides is 1. The van der Waals surface area contributed by atoms with Crippen LogP contribution in [0.15, 0.2) is 48.5 Å². The van der Waals surface area contributed by atoms with Crippen molar-refractivity contribution in [2.75, 3.05) is 13.1 Å².